The number of halogens is 1. The summed E-state index contributed by atoms with van der Waals surface area (Å²) < 4.78 is 11.3. The zero-order valence-electron chi connectivity index (χ0n) is 14.6. The molecule has 2 aliphatic rings. The number of ether oxygens (including phenoxy) is 2. The molecule has 0 N–H and O–H groups in total. The van der Waals surface area contributed by atoms with Crippen molar-refractivity contribution in [3.05, 3.63) is 22.2 Å². The van der Waals surface area contributed by atoms with E-state index >= 15 is 0 Å². The first-order valence-corrected chi connectivity index (χ1v) is 9.34. The molecule has 3 rings (SSSR count). The van der Waals surface area contributed by atoms with Gasteiger partial charge < -0.3 is 19.3 Å². The maximum absolute atomic E-state index is 12.8. The quantitative estimate of drug-likeness (QED) is 0.764. The van der Waals surface area contributed by atoms with Crippen molar-refractivity contribution in [1.29, 1.82) is 0 Å². The van der Waals surface area contributed by atoms with E-state index in [1.54, 1.807) is 31.3 Å². The number of hydrogen-bond acceptors (Lipinski definition) is 4. The number of piperazine rings is 1. The van der Waals surface area contributed by atoms with Crippen LogP contribution in [0.15, 0.2) is 16.6 Å². The molecule has 2 amide bonds. The number of hydrogen-bond donors (Lipinski definition) is 0. The van der Waals surface area contributed by atoms with Crippen LogP contribution in [0.3, 0.4) is 0 Å². The maximum atomic E-state index is 12.8. The summed E-state index contributed by atoms with van der Waals surface area (Å²) in [6.07, 6.45) is 3.18. The van der Waals surface area contributed by atoms with Crippen LogP contribution in [-0.2, 0) is 4.79 Å². The summed E-state index contributed by atoms with van der Waals surface area (Å²) in [5, 5.41) is 0. The topological polar surface area (TPSA) is 59.1 Å². The fraction of sp³-hybridized carbons (Fsp3) is 0.556. The van der Waals surface area contributed by atoms with Crippen molar-refractivity contribution in [2.45, 2.75) is 19.3 Å². The van der Waals surface area contributed by atoms with Gasteiger partial charge in [-0.1, -0.05) is 6.42 Å². The number of methoxy groups -OCH3 is 2. The molecule has 0 radical (unpaired) electrons. The molecule has 1 aliphatic heterocycles. The van der Waals surface area contributed by atoms with Gasteiger partial charge in [-0.05, 0) is 40.9 Å². The predicted molar refractivity (Wildman–Crippen MR) is 97.1 cm³/mol. The van der Waals surface area contributed by atoms with E-state index < -0.39 is 0 Å². The first-order valence-electron chi connectivity index (χ1n) is 8.54. The summed E-state index contributed by atoms with van der Waals surface area (Å²) >= 11 is 3.41. The largest absolute Gasteiger partial charge is 0.495 e. The lowest BCUT2D eigenvalue weighted by atomic mass is 9.84. The number of carbonyl (C=O) groups is 2. The third kappa shape index (κ3) is 3.61. The molecule has 0 aromatic heterocycles. The molecule has 0 atom stereocenters. The fourth-order valence-electron chi connectivity index (χ4n) is 3.22. The summed E-state index contributed by atoms with van der Waals surface area (Å²) in [5.41, 5.74) is 0.524. The molecule has 0 bridgehead atoms. The van der Waals surface area contributed by atoms with Crippen molar-refractivity contribution < 1.29 is 19.1 Å². The lowest BCUT2D eigenvalue weighted by Gasteiger charge is -2.38. The number of amides is 2. The first-order chi connectivity index (χ1) is 12.0. The Morgan fingerprint density at radius 3 is 1.96 bits per heavy atom. The summed E-state index contributed by atoms with van der Waals surface area (Å²) in [6.45, 7) is 2.31. The maximum Gasteiger partial charge on any atom is 0.254 e. The van der Waals surface area contributed by atoms with Crippen LogP contribution in [0.5, 0.6) is 11.5 Å². The number of benzene rings is 1. The van der Waals surface area contributed by atoms with Crippen molar-refractivity contribution in [2.75, 3.05) is 40.4 Å². The highest BCUT2D eigenvalue weighted by Gasteiger charge is 2.32. The van der Waals surface area contributed by atoms with Gasteiger partial charge in [0.1, 0.15) is 16.0 Å². The lowest BCUT2D eigenvalue weighted by Crippen LogP contribution is -2.52. The van der Waals surface area contributed by atoms with Crippen molar-refractivity contribution in [3.8, 4) is 11.5 Å². The Balaban J connectivity index is 1.67. The fourth-order valence-corrected chi connectivity index (χ4v) is 3.77. The number of carbonyl (C=O) groups excluding carboxylic acids is 2. The minimum Gasteiger partial charge on any atom is -0.495 e. The standard InChI is InChI=1S/C18H23BrN2O4/c1-24-14-10-13(11-15(25-2)16(14)19)18(23)21-8-6-20(7-9-21)17(22)12-4-3-5-12/h10-12H,3-9H2,1-2H3. The van der Waals surface area contributed by atoms with Gasteiger partial charge in [-0.25, -0.2) is 0 Å². The third-order valence-electron chi connectivity index (χ3n) is 5.03. The normalized spacial score (nSPS) is 17.9. The molecule has 7 heteroatoms. The second-order valence-corrected chi connectivity index (χ2v) is 7.23. The van der Waals surface area contributed by atoms with E-state index in [9.17, 15) is 9.59 Å². The van der Waals surface area contributed by atoms with E-state index in [1.165, 1.54) is 0 Å². The highest BCUT2D eigenvalue weighted by Crippen LogP contribution is 2.36. The van der Waals surface area contributed by atoms with Crippen LogP contribution in [0.2, 0.25) is 0 Å². The molecular weight excluding hydrogens is 388 g/mol. The predicted octanol–water partition coefficient (Wildman–Crippen LogP) is 2.55. The van der Waals surface area contributed by atoms with Crippen molar-refractivity contribution in [2.24, 2.45) is 5.92 Å². The van der Waals surface area contributed by atoms with Crippen LogP contribution in [0.1, 0.15) is 29.6 Å². The van der Waals surface area contributed by atoms with Crippen LogP contribution >= 0.6 is 15.9 Å². The van der Waals surface area contributed by atoms with Crippen LogP contribution < -0.4 is 9.47 Å². The van der Waals surface area contributed by atoms with Crippen molar-refractivity contribution in [1.82, 2.24) is 9.80 Å². The molecule has 0 spiro atoms. The Morgan fingerprint density at radius 2 is 1.52 bits per heavy atom. The van der Waals surface area contributed by atoms with E-state index in [1.807, 2.05) is 4.90 Å². The van der Waals surface area contributed by atoms with E-state index in [-0.39, 0.29) is 17.7 Å². The van der Waals surface area contributed by atoms with Gasteiger partial charge in [-0.2, -0.15) is 0 Å². The Hall–Kier alpha value is -1.76. The molecule has 1 aliphatic carbocycles. The molecule has 1 aromatic rings. The van der Waals surface area contributed by atoms with Gasteiger partial charge in [0.15, 0.2) is 0 Å². The zero-order valence-corrected chi connectivity index (χ0v) is 16.2. The van der Waals surface area contributed by atoms with Crippen LogP contribution in [0.25, 0.3) is 0 Å². The molecular formula is C18H23BrN2O4. The monoisotopic (exact) mass is 410 g/mol. The molecule has 6 nitrogen and oxygen atoms in total. The van der Waals surface area contributed by atoms with E-state index in [4.69, 9.17) is 9.47 Å². The van der Waals surface area contributed by atoms with Gasteiger partial charge in [0.25, 0.3) is 5.91 Å². The van der Waals surface area contributed by atoms with Crippen LogP contribution in [-0.4, -0.2) is 62.0 Å². The molecule has 136 valence electrons. The zero-order chi connectivity index (χ0) is 18.0. The minimum absolute atomic E-state index is 0.0696. The number of nitrogens with zero attached hydrogens (tertiary/aromatic N) is 2. The molecule has 1 heterocycles. The molecule has 2 fully saturated rings. The molecule has 25 heavy (non-hydrogen) atoms. The van der Waals surface area contributed by atoms with Crippen molar-refractivity contribution in [3.63, 3.8) is 0 Å². The molecule has 0 unspecified atom stereocenters. The Labute approximate surface area is 156 Å². The van der Waals surface area contributed by atoms with Crippen molar-refractivity contribution >= 4 is 27.7 Å². The van der Waals surface area contributed by atoms with Gasteiger partial charge in [0, 0.05) is 37.7 Å². The number of rotatable bonds is 4. The summed E-state index contributed by atoms with van der Waals surface area (Å²) in [6, 6.07) is 3.42. The minimum atomic E-state index is -0.0696. The average molecular weight is 411 g/mol. The molecule has 1 saturated carbocycles. The average Bonchev–Trinajstić information content (AvgIpc) is 2.60. The summed E-state index contributed by atoms with van der Waals surface area (Å²) in [4.78, 5) is 28.8. The molecule has 1 aromatic carbocycles. The van der Waals surface area contributed by atoms with Gasteiger partial charge in [-0.15, -0.1) is 0 Å². The Bertz CT molecular complexity index is 642. The molecule has 1 saturated heterocycles. The smallest absolute Gasteiger partial charge is 0.254 e. The van der Waals surface area contributed by atoms with Gasteiger partial charge >= 0.3 is 0 Å². The highest BCUT2D eigenvalue weighted by atomic mass is 79.9. The van der Waals surface area contributed by atoms with Crippen LogP contribution in [0, 0.1) is 5.92 Å². The third-order valence-corrected chi connectivity index (χ3v) is 5.81. The van der Waals surface area contributed by atoms with Gasteiger partial charge in [0.2, 0.25) is 5.91 Å². The van der Waals surface area contributed by atoms with E-state index in [0.717, 1.165) is 19.3 Å². The van der Waals surface area contributed by atoms with E-state index in [2.05, 4.69) is 15.9 Å². The first kappa shape index (κ1) is 18.0. The van der Waals surface area contributed by atoms with E-state index in [0.29, 0.717) is 47.7 Å². The Morgan fingerprint density at radius 1 is 1.00 bits per heavy atom. The second-order valence-electron chi connectivity index (χ2n) is 6.44. The SMILES string of the molecule is COc1cc(C(=O)N2CCN(C(=O)C3CCC3)CC2)cc(OC)c1Br. The van der Waals surface area contributed by atoms with Gasteiger partial charge in [-0.3, -0.25) is 9.59 Å². The lowest BCUT2D eigenvalue weighted by molar-refractivity contribution is -0.139. The second kappa shape index (κ2) is 7.64. The van der Waals surface area contributed by atoms with Gasteiger partial charge in [0.05, 0.1) is 14.2 Å². The Kier molecular flexibility index (Phi) is 5.51. The summed E-state index contributed by atoms with van der Waals surface area (Å²) in [7, 11) is 3.11. The highest BCUT2D eigenvalue weighted by molar-refractivity contribution is 9.10. The van der Waals surface area contributed by atoms with Crippen LogP contribution in [0.4, 0.5) is 0 Å². The summed E-state index contributed by atoms with van der Waals surface area (Å²) in [5.74, 6) is 1.51.